The molecule has 3 heterocycles. The van der Waals surface area contributed by atoms with Crippen LogP contribution in [0.4, 0.5) is 11.5 Å². The summed E-state index contributed by atoms with van der Waals surface area (Å²) in [6, 6.07) is 16.8. The molecule has 0 aliphatic heterocycles. The van der Waals surface area contributed by atoms with Gasteiger partial charge < -0.3 is 10.6 Å². The summed E-state index contributed by atoms with van der Waals surface area (Å²) in [5.41, 5.74) is 2.84. The normalized spacial score (nSPS) is 10.5. The number of rotatable bonds is 5. The van der Waals surface area contributed by atoms with E-state index >= 15 is 0 Å². The van der Waals surface area contributed by atoms with E-state index in [2.05, 4.69) is 30.8 Å². The number of hydrogen-bond donors (Lipinski definition) is 2. The van der Waals surface area contributed by atoms with Crippen LogP contribution in [0.1, 0.15) is 16.1 Å². The van der Waals surface area contributed by atoms with E-state index in [1.807, 2.05) is 42.5 Å². The molecule has 4 rings (SSSR count). The van der Waals surface area contributed by atoms with Gasteiger partial charge in [-0.05, 0) is 35.9 Å². The number of hydrogen-bond acceptors (Lipinski definition) is 6. The first-order valence-electron chi connectivity index (χ1n) is 8.41. The van der Waals surface area contributed by atoms with E-state index in [1.54, 1.807) is 30.7 Å². The van der Waals surface area contributed by atoms with Crippen molar-refractivity contribution in [3.8, 4) is 0 Å². The van der Waals surface area contributed by atoms with Gasteiger partial charge in [0, 0.05) is 30.5 Å². The van der Waals surface area contributed by atoms with Gasteiger partial charge in [0.25, 0.3) is 5.91 Å². The molecule has 7 nitrogen and oxygen atoms in total. The van der Waals surface area contributed by atoms with Gasteiger partial charge in [-0.3, -0.25) is 14.8 Å². The molecule has 0 saturated carbocycles. The summed E-state index contributed by atoms with van der Waals surface area (Å²) < 4.78 is 0. The van der Waals surface area contributed by atoms with Crippen molar-refractivity contribution < 1.29 is 4.79 Å². The largest absolute Gasteiger partial charge is 0.347 e. The SMILES string of the molecule is O=C(NCc1cccnc1)c1ccc(Nc2cccc3cccnc23)nn1. The molecule has 0 atom stereocenters. The van der Waals surface area contributed by atoms with Crippen molar-refractivity contribution >= 4 is 28.3 Å². The van der Waals surface area contributed by atoms with Crippen LogP contribution < -0.4 is 10.6 Å². The Kier molecular flexibility index (Phi) is 4.65. The Morgan fingerprint density at radius 1 is 0.926 bits per heavy atom. The molecule has 7 heteroatoms. The van der Waals surface area contributed by atoms with Crippen LogP contribution >= 0.6 is 0 Å². The predicted molar refractivity (Wildman–Crippen MR) is 102 cm³/mol. The first kappa shape index (κ1) is 16.6. The smallest absolute Gasteiger partial charge is 0.272 e. The van der Waals surface area contributed by atoms with Gasteiger partial charge in [0.05, 0.1) is 11.2 Å². The van der Waals surface area contributed by atoms with Crippen LogP contribution in [0.15, 0.2) is 73.2 Å². The Labute approximate surface area is 155 Å². The fraction of sp³-hybridized carbons (Fsp3) is 0.0500. The van der Waals surface area contributed by atoms with Crippen LogP contribution in [0, 0.1) is 0 Å². The zero-order chi connectivity index (χ0) is 18.5. The molecule has 2 N–H and O–H groups in total. The monoisotopic (exact) mass is 356 g/mol. The molecule has 0 radical (unpaired) electrons. The molecule has 132 valence electrons. The lowest BCUT2D eigenvalue weighted by Gasteiger charge is -2.08. The number of nitrogens with one attached hydrogen (secondary N) is 2. The van der Waals surface area contributed by atoms with E-state index in [9.17, 15) is 4.79 Å². The van der Waals surface area contributed by atoms with Crippen LogP contribution in [0.25, 0.3) is 10.9 Å². The Morgan fingerprint density at radius 2 is 1.81 bits per heavy atom. The van der Waals surface area contributed by atoms with Gasteiger partial charge >= 0.3 is 0 Å². The van der Waals surface area contributed by atoms with Crippen molar-refractivity contribution in [3.05, 3.63) is 84.4 Å². The minimum absolute atomic E-state index is 0.250. The topological polar surface area (TPSA) is 92.7 Å². The zero-order valence-corrected chi connectivity index (χ0v) is 14.3. The Bertz CT molecular complexity index is 1060. The van der Waals surface area contributed by atoms with Crippen LogP contribution in [0.5, 0.6) is 0 Å². The lowest BCUT2D eigenvalue weighted by atomic mass is 10.2. The molecule has 1 amide bonds. The quantitative estimate of drug-likeness (QED) is 0.571. The molecule has 0 fully saturated rings. The number of pyridine rings is 2. The van der Waals surface area contributed by atoms with E-state index in [1.165, 1.54) is 0 Å². The van der Waals surface area contributed by atoms with Gasteiger partial charge in [-0.1, -0.05) is 24.3 Å². The molecule has 0 bridgehead atoms. The number of anilines is 2. The maximum atomic E-state index is 12.2. The highest BCUT2D eigenvalue weighted by Crippen LogP contribution is 2.23. The van der Waals surface area contributed by atoms with Crippen molar-refractivity contribution in [1.82, 2.24) is 25.5 Å². The molecule has 0 unspecified atom stereocenters. The molecular formula is C20H16N6O. The number of carbonyl (C=O) groups is 1. The van der Waals surface area contributed by atoms with Gasteiger partial charge in [-0.25, -0.2) is 0 Å². The van der Waals surface area contributed by atoms with Crippen molar-refractivity contribution in [3.63, 3.8) is 0 Å². The Hall–Kier alpha value is -3.87. The average molecular weight is 356 g/mol. The molecule has 27 heavy (non-hydrogen) atoms. The van der Waals surface area contributed by atoms with E-state index in [-0.39, 0.29) is 11.6 Å². The van der Waals surface area contributed by atoms with E-state index in [4.69, 9.17) is 0 Å². The fourth-order valence-electron chi connectivity index (χ4n) is 2.64. The highest BCUT2D eigenvalue weighted by molar-refractivity contribution is 5.93. The Morgan fingerprint density at radius 3 is 2.63 bits per heavy atom. The van der Waals surface area contributed by atoms with Crippen molar-refractivity contribution in [2.45, 2.75) is 6.54 Å². The first-order chi connectivity index (χ1) is 13.3. The second-order valence-corrected chi connectivity index (χ2v) is 5.85. The van der Waals surface area contributed by atoms with Crippen LogP contribution in [0.3, 0.4) is 0 Å². The lowest BCUT2D eigenvalue weighted by molar-refractivity contribution is 0.0945. The van der Waals surface area contributed by atoms with Gasteiger partial charge in [-0.2, -0.15) is 0 Å². The van der Waals surface area contributed by atoms with Gasteiger partial charge in [0.2, 0.25) is 0 Å². The third-order valence-corrected chi connectivity index (χ3v) is 3.97. The molecule has 4 aromatic rings. The summed E-state index contributed by atoms with van der Waals surface area (Å²) >= 11 is 0. The predicted octanol–water partition coefficient (Wildman–Crippen LogP) is 3.09. The van der Waals surface area contributed by atoms with E-state index in [0.717, 1.165) is 22.2 Å². The summed E-state index contributed by atoms with van der Waals surface area (Å²) in [7, 11) is 0. The van der Waals surface area contributed by atoms with E-state index in [0.29, 0.717) is 12.4 Å². The number of carbonyl (C=O) groups excluding carboxylic acids is 1. The average Bonchev–Trinajstić information content (AvgIpc) is 2.74. The number of aromatic nitrogens is 4. The highest BCUT2D eigenvalue weighted by Gasteiger charge is 2.09. The third-order valence-electron chi connectivity index (χ3n) is 3.97. The van der Waals surface area contributed by atoms with Gasteiger partial charge in [-0.15, -0.1) is 10.2 Å². The summed E-state index contributed by atoms with van der Waals surface area (Å²) in [5.74, 6) is 0.252. The van der Waals surface area contributed by atoms with Crippen molar-refractivity contribution in [2.75, 3.05) is 5.32 Å². The number of nitrogens with zero attached hydrogens (tertiary/aromatic N) is 4. The molecule has 3 aromatic heterocycles. The van der Waals surface area contributed by atoms with Gasteiger partial charge in [0.1, 0.15) is 0 Å². The number of benzene rings is 1. The number of fused-ring (bicyclic) bond motifs is 1. The lowest BCUT2D eigenvalue weighted by Crippen LogP contribution is -2.24. The minimum atomic E-state index is -0.287. The number of para-hydroxylation sites is 1. The molecule has 0 aliphatic rings. The third kappa shape index (κ3) is 3.87. The summed E-state index contributed by atoms with van der Waals surface area (Å²) in [6.45, 7) is 0.385. The summed E-state index contributed by atoms with van der Waals surface area (Å²) in [4.78, 5) is 20.6. The molecule has 0 aliphatic carbocycles. The van der Waals surface area contributed by atoms with Crippen LogP contribution in [-0.4, -0.2) is 26.1 Å². The summed E-state index contributed by atoms with van der Waals surface area (Å²) in [5, 5.41) is 15.1. The zero-order valence-electron chi connectivity index (χ0n) is 14.3. The van der Waals surface area contributed by atoms with Gasteiger partial charge in [0.15, 0.2) is 11.5 Å². The first-order valence-corrected chi connectivity index (χ1v) is 8.41. The van der Waals surface area contributed by atoms with Crippen molar-refractivity contribution in [2.24, 2.45) is 0 Å². The standard InChI is InChI=1S/C20H16N6O/c27-20(23-13-14-4-2-10-21-12-14)17-8-9-18(26-25-17)24-16-7-1-5-15-6-3-11-22-19(15)16/h1-12H,13H2,(H,23,27)(H,24,26). The molecule has 0 saturated heterocycles. The molecule has 1 aromatic carbocycles. The second-order valence-electron chi connectivity index (χ2n) is 5.85. The number of amides is 1. The van der Waals surface area contributed by atoms with Crippen LogP contribution in [0.2, 0.25) is 0 Å². The summed E-state index contributed by atoms with van der Waals surface area (Å²) in [6.07, 6.45) is 5.14. The fourth-order valence-corrected chi connectivity index (χ4v) is 2.64. The van der Waals surface area contributed by atoms with Crippen molar-refractivity contribution in [1.29, 1.82) is 0 Å². The van der Waals surface area contributed by atoms with Crippen LogP contribution in [-0.2, 0) is 6.54 Å². The maximum absolute atomic E-state index is 12.2. The minimum Gasteiger partial charge on any atom is -0.347 e. The van der Waals surface area contributed by atoms with E-state index < -0.39 is 0 Å². The Balaban J connectivity index is 1.45. The highest BCUT2D eigenvalue weighted by atomic mass is 16.1. The maximum Gasteiger partial charge on any atom is 0.272 e. The molecule has 0 spiro atoms. The second kappa shape index (κ2) is 7.57. The molecular weight excluding hydrogens is 340 g/mol.